The summed E-state index contributed by atoms with van der Waals surface area (Å²) in [6, 6.07) is 5.55. The monoisotopic (exact) mass is 175 g/mol. The Balaban J connectivity index is 3.06. The van der Waals surface area contributed by atoms with Crippen LogP contribution in [0.2, 0.25) is 0 Å². The molecule has 2 heterocycles. The first-order chi connectivity index (χ1) is 6.20. The van der Waals surface area contributed by atoms with Gasteiger partial charge >= 0.3 is 0 Å². The van der Waals surface area contributed by atoms with Gasteiger partial charge in [-0.15, -0.1) is 0 Å². The number of hydrogen-bond donors (Lipinski definition) is 1. The lowest BCUT2D eigenvalue weighted by atomic mass is 10.2. The molecule has 2 N–H and O–H groups in total. The number of fused-ring (bicyclic) bond motifs is 1. The summed E-state index contributed by atoms with van der Waals surface area (Å²) >= 11 is 0. The second-order valence-corrected chi connectivity index (χ2v) is 2.86. The maximum Gasteiger partial charge on any atom is 0.277 e. The minimum Gasteiger partial charge on any atom is -0.369 e. The van der Waals surface area contributed by atoms with Crippen molar-refractivity contribution >= 4 is 11.5 Å². The fraction of sp³-hybridized carbons (Fsp3) is 0.111. The van der Waals surface area contributed by atoms with Gasteiger partial charge in [-0.1, -0.05) is 6.07 Å². The molecule has 0 amide bonds. The normalized spacial score (nSPS) is 10.5. The molecule has 4 nitrogen and oxygen atoms in total. The zero-order chi connectivity index (χ0) is 9.42. The van der Waals surface area contributed by atoms with Crippen molar-refractivity contribution in [3.8, 4) is 0 Å². The Morgan fingerprint density at radius 2 is 2.23 bits per heavy atom. The molecular weight excluding hydrogens is 166 g/mol. The van der Waals surface area contributed by atoms with E-state index in [1.807, 2.05) is 18.2 Å². The van der Waals surface area contributed by atoms with Gasteiger partial charge in [0, 0.05) is 11.8 Å². The van der Waals surface area contributed by atoms with Crippen molar-refractivity contribution in [2.75, 3.05) is 5.73 Å². The van der Waals surface area contributed by atoms with Crippen LogP contribution >= 0.6 is 0 Å². The number of rotatable bonds is 0. The Morgan fingerprint density at radius 1 is 1.46 bits per heavy atom. The van der Waals surface area contributed by atoms with E-state index >= 15 is 0 Å². The molecule has 0 saturated heterocycles. The Labute approximate surface area is 74.6 Å². The van der Waals surface area contributed by atoms with Gasteiger partial charge in [-0.2, -0.15) is 4.98 Å². The fourth-order valence-corrected chi connectivity index (χ4v) is 1.30. The average molecular weight is 175 g/mol. The molecule has 0 bridgehead atoms. The van der Waals surface area contributed by atoms with Gasteiger partial charge in [0.15, 0.2) is 0 Å². The van der Waals surface area contributed by atoms with E-state index in [2.05, 4.69) is 4.98 Å². The molecule has 66 valence electrons. The Morgan fingerprint density at radius 3 is 3.00 bits per heavy atom. The van der Waals surface area contributed by atoms with Gasteiger partial charge in [0.25, 0.3) is 5.56 Å². The number of hydrogen-bond acceptors (Lipinski definition) is 3. The summed E-state index contributed by atoms with van der Waals surface area (Å²) in [5, 5.41) is 0. The molecule has 2 aromatic rings. The minimum absolute atomic E-state index is 0.228. The van der Waals surface area contributed by atoms with Crippen LogP contribution < -0.4 is 11.3 Å². The highest BCUT2D eigenvalue weighted by Crippen LogP contribution is 2.07. The standard InChI is InChI=1S/C9H9N3O/c1-6-7-4-2-3-5-12(7)9(10)11-8(6)13/h2-5H,1H3,(H2,10,11,13). The van der Waals surface area contributed by atoms with E-state index in [9.17, 15) is 4.79 Å². The molecule has 0 aromatic carbocycles. The van der Waals surface area contributed by atoms with Crippen LogP contribution in [0.25, 0.3) is 5.52 Å². The van der Waals surface area contributed by atoms with Crippen LogP contribution in [0, 0.1) is 6.92 Å². The van der Waals surface area contributed by atoms with E-state index in [1.165, 1.54) is 0 Å². The quantitative estimate of drug-likeness (QED) is 0.637. The summed E-state index contributed by atoms with van der Waals surface area (Å²) in [5.41, 5.74) is 6.74. The van der Waals surface area contributed by atoms with Crippen molar-refractivity contribution in [3.05, 3.63) is 40.3 Å². The topological polar surface area (TPSA) is 60.4 Å². The molecule has 0 aliphatic heterocycles. The lowest BCUT2D eigenvalue weighted by Gasteiger charge is -2.04. The molecule has 2 aromatic heterocycles. The van der Waals surface area contributed by atoms with Gasteiger partial charge in [0.2, 0.25) is 5.95 Å². The third-order valence-corrected chi connectivity index (χ3v) is 2.03. The smallest absolute Gasteiger partial charge is 0.277 e. The molecule has 0 unspecified atom stereocenters. The lowest BCUT2D eigenvalue weighted by Crippen LogP contribution is -2.16. The summed E-state index contributed by atoms with van der Waals surface area (Å²) in [6.07, 6.45) is 1.78. The molecule has 2 rings (SSSR count). The highest BCUT2D eigenvalue weighted by Gasteiger charge is 2.03. The van der Waals surface area contributed by atoms with Crippen molar-refractivity contribution < 1.29 is 0 Å². The number of anilines is 1. The second-order valence-electron chi connectivity index (χ2n) is 2.86. The van der Waals surface area contributed by atoms with Crippen molar-refractivity contribution in [1.29, 1.82) is 0 Å². The van der Waals surface area contributed by atoms with E-state index in [0.717, 1.165) is 5.52 Å². The molecule has 0 fully saturated rings. The number of pyridine rings is 1. The Kier molecular flexibility index (Phi) is 1.55. The molecular formula is C9H9N3O. The zero-order valence-corrected chi connectivity index (χ0v) is 7.19. The highest BCUT2D eigenvalue weighted by atomic mass is 16.1. The van der Waals surface area contributed by atoms with E-state index < -0.39 is 0 Å². The van der Waals surface area contributed by atoms with E-state index in [1.54, 1.807) is 17.5 Å². The van der Waals surface area contributed by atoms with Gasteiger partial charge < -0.3 is 5.73 Å². The van der Waals surface area contributed by atoms with Gasteiger partial charge in [-0.25, -0.2) is 0 Å². The van der Waals surface area contributed by atoms with Crippen LogP contribution in [0.3, 0.4) is 0 Å². The second kappa shape index (κ2) is 2.58. The predicted octanol–water partition coefficient (Wildman–Crippen LogP) is 0.585. The summed E-state index contributed by atoms with van der Waals surface area (Å²) in [4.78, 5) is 14.9. The largest absolute Gasteiger partial charge is 0.369 e. The van der Waals surface area contributed by atoms with Gasteiger partial charge in [0.1, 0.15) is 0 Å². The number of aryl methyl sites for hydroxylation is 1. The summed E-state index contributed by atoms with van der Waals surface area (Å²) in [6.45, 7) is 1.74. The van der Waals surface area contributed by atoms with Crippen LogP contribution in [0.4, 0.5) is 5.95 Å². The van der Waals surface area contributed by atoms with E-state index in [0.29, 0.717) is 5.56 Å². The van der Waals surface area contributed by atoms with Crippen molar-refractivity contribution in [2.24, 2.45) is 0 Å². The first kappa shape index (κ1) is 7.79. The van der Waals surface area contributed by atoms with Gasteiger partial charge in [-0.3, -0.25) is 9.20 Å². The van der Waals surface area contributed by atoms with Gasteiger partial charge in [0.05, 0.1) is 5.52 Å². The average Bonchev–Trinajstić information content (AvgIpc) is 2.15. The van der Waals surface area contributed by atoms with Gasteiger partial charge in [-0.05, 0) is 19.1 Å². The molecule has 0 aliphatic carbocycles. The van der Waals surface area contributed by atoms with Crippen molar-refractivity contribution in [1.82, 2.24) is 9.38 Å². The summed E-state index contributed by atoms with van der Waals surface area (Å²) in [7, 11) is 0. The first-order valence-corrected chi connectivity index (χ1v) is 3.93. The first-order valence-electron chi connectivity index (χ1n) is 3.93. The number of nitrogens with zero attached hydrogens (tertiary/aromatic N) is 2. The number of nitrogens with two attached hydrogens (primary N) is 1. The third kappa shape index (κ3) is 1.07. The Bertz CT molecular complexity index is 516. The predicted molar refractivity (Wildman–Crippen MR) is 50.6 cm³/mol. The van der Waals surface area contributed by atoms with E-state index in [-0.39, 0.29) is 11.5 Å². The van der Waals surface area contributed by atoms with Crippen LogP contribution in [0.15, 0.2) is 29.2 Å². The molecule has 0 spiro atoms. The maximum atomic E-state index is 11.2. The fourth-order valence-electron chi connectivity index (χ4n) is 1.30. The minimum atomic E-state index is -0.260. The highest BCUT2D eigenvalue weighted by molar-refractivity contribution is 5.55. The number of aromatic nitrogens is 2. The molecule has 13 heavy (non-hydrogen) atoms. The molecule has 0 atom stereocenters. The molecule has 4 heteroatoms. The van der Waals surface area contributed by atoms with Crippen LogP contribution in [-0.4, -0.2) is 9.38 Å². The van der Waals surface area contributed by atoms with Crippen LogP contribution in [0.5, 0.6) is 0 Å². The van der Waals surface area contributed by atoms with E-state index in [4.69, 9.17) is 5.73 Å². The third-order valence-electron chi connectivity index (χ3n) is 2.03. The number of nitrogen functional groups attached to an aromatic ring is 1. The molecule has 0 radical (unpaired) electrons. The zero-order valence-electron chi connectivity index (χ0n) is 7.19. The Hall–Kier alpha value is -1.84. The summed E-state index contributed by atoms with van der Waals surface area (Å²) in [5.74, 6) is 0.228. The SMILES string of the molecule is Cc1c(=O)nc(N)n2ccccc12. The van der Waals surface area contributed by atoms with Crippen LogP contribution in [-0.2, 0) is 0 Å². The molecule has 0 saturated carbocycles. The summed E-state index contributed by atoms with van der Waals surface area (Å²) < 4.78 is 1.69. The molecule has 0 aliphatic rings. The lowest BCUT2D eigenvalue weighted by molar-refractivity contribution is 1.04. The van der Waals surface area contributed by atoms with Crippen molar-refractivity contribution in [3.63, 3.8) is 0 Å². The van der Waals surface area contributed by atoms with Crippen LogP contribution in [0.1, 0.15) is 5.56 Å². The van der Waals surface area contributed by atoms with Crippen molar-refractivity contribution in [2.45, 2.75) is 6.92 Å². The maximum absolute atomic E-state index is 11.2.